The molecule has 20 heavy (non-hydrogen) atoms. The average Bonchev–Trinajstić information content (AvgIpc) is 2.44. The Morgan fingerprint density at radius 3 is 2.90 bits per heavy atom. The van der Waals surface area contributed by atoms with E-state index in [0.29, 0.717) is 18.8 Å². The topological polar surface area (TPSA) is 96.2 Å². The molecule has 112 valence electrons. The summed E-state index contributed by atoms with van der Waals surface area (Å²) in [4.78, 5) is 23.1. The third-order valence-electron chi connectivity index (χ3n) is 2.54. The van der Waals surface area contributed by atoms with Crippen molar-refractivity contribution in [3.05, 3.63) is 21.6 Å². The monoisotopic (exact) mass is 302 g/mol. The van der Waals surface area contributed by atoms with E-state index in [0.717, 1.165) is 11.1 Å². The predicted molar refractivity (Wildman–Crippen MR) is 77.0 cm³/mol. The zero-order chi connectivity index (χ0) is 15.0. The molecule has 0 aliphatic heterocycles. The summed E-state index contributed by atoms with van der Waals surface area (Å²) in [6.07, 6.45) is 2.58. The van der Waals surface area contributed by atoms with Gasteiger partial charge in [0, 0.05) is 19.5 Å². The van der Waals surface area contributed by atoms with Gasteiger partial charge in [-0.15, -0.1) is 0 Å². The van der Waals surface area contributed by atoms with Gasteiger partial charge in [-0.25, -0.2) is 4.68 Å². The van der Waals surface area contributed by atoms with E-state index < -0.39 is 5.56 Å². The first-order valence-corrected chi connectivity index (χ1v) is 6.85. The Balaban J connectivity index is 2.55. The zero-order valence-corrected chi connectivity index (χ0v) is 12.1. The molecule has 1 aromatic heterocycles. The van der Waals surface area contributed by atoms with Crippen molar-refractivity contribution in [2.24, 2.45) is 0 Å². The van der Waals surface area contributed by atoms with Crippen LogP contribution in [0.3, 0.4) is 0 Å². The van der Waals surface area contributed by atoms with Crippen LogP contribution in [0.25, 0.3) is 0 Å². The van der Waals surface area contributed by atoms with Gasteiger partial charge in [-0.2, -0.15) is 5.10 Å². The molecule has 0 unspecified atom stereocenters. The molecule has 1 heterocycles. The molecule has 0 bridgehead atoms. The summed E-state index contributed by atoms with van der Waals surface area (Å²) >= 11 is 5.92. The van der Waals surface area contributed by atoms with E-state index in [2.05, 4.69) is 15.7 Å². The van der Waals surface area contributed by atoms with Crippen LogP contribution < -0.4 is 16.2 Å². The van der Waals surface area contributed by atoms with E-state index in [1.165, 1.54) is 6.20 Å². The summed E-state index contributed by atoms with van der Waals surface area (Å²) in [5.74, 6) is -0.0583. The van der Waals surface area contributed by atoms with E-state index in [-0.39, 0.29) is 30.5 Å². The van der Waals surface area contributed by atoms with Gasteiger partial charge in [0.15, 0.2) is 0 Å². The molecular weight excluding hydrogens is 284 g/mol. The van der Waals surface area contributed by atoms with Crippen LogP contribution in [0.1, 0.15) is 19.8 Å². The van der Waals surface area contributed by atoms with Gasteiger partial charge in [0.2, 0.25) is 5.91 Å². The van der Waals surface area contributed by atoms with Gasteiger partial charge in [-0.1, -0.05) is 18.5 Å². The summed E-state index contributed by atoms with van der Waals surface area (Å²) < 4.78 is 1.08. The van der Waals surface area contributed by atoms with Crippen LogP contribution in [0.5, 0.6) is 0 Å². The number of rotatable bonds is 8. The van der Waals surface area contributed by atoms with E-state index in [4.69, 9.17) is 16.7 Å². The predicted octanol–water partition coefficient (Wildman–Crippen LogP) is 0.217. The number of amides is 1. The summed E-state index contributed by atoms with van der Waals surface area (Å²) in [6, 6.07) is 0. The SMILES string of the molecule is CCCNC(=O)CCNc1cnn(CCO)c(=O)c1Cl. The van der Waals surface area contributed by atoms with Crippen molar-refractivity contribution in [2.45, 2.75) is 26.3 Å². The number of aromatic nitrogens is 2. The first-order valence-electron chi connectivity index (χ1n) is 6.47. The normalized spacial score (nSPS) is 10.3. The summed E-state index contributed by atoms with van der Waals surface area (Å²) in [5, 5.41) is 18.3. The Morgan fingerprint density at radius 1 is 1.50 bits per heavy atom. The fourth-order valence-corrected chi connectivity index (χ4v) is 1.72. The van der Waals surface area contributed by atoms with Crippen LogP contribution in [0.15, 0.2) is 11.0 Å². The van der Waals surface area contributed by atoms with E-state index in [1.807, 2.05) is 6.92 Å². The molecule has 0 aromatic carbocycles. The lowest BCUT2D eigenvalue weighted by Crippen LogP contribution is -2.27. The second-order valence-corrected chi connectivity index (χ2v) is 4.53. The molecule has 0 aliphatic carbocycles. The molecule has 0 saturated carbocycles. The minimum atomic E-state index is -0.471. The maximum Gasteiger partial charge on any atom is 0.287 e. The number of halogens is 1. The Kier molecular flexibility index (Phi) is 7.03. The van der Waals surface area contributed by atoms with Crippen molar-refractivity contribution >= 4 is 23.2 Å². The number of hydrogen-bond donors (Lipinski definition) is 3. The Labute approximate surface area is 121 Å². The molecule has 1 amide bonds. The first-order chi connectivity index (χ1) is 9.60. The molecule has 0 spiro atoms. The minimum absolute atomic E-state index is 0.00224. The quantitative estimate of drug-likeness (QED) is 0.638. The van der Waals surface area contributed by atoms with E-state index >= 15 is 0 Å². The molecule has 0 fully saturated rings. The highest BCUT2D eigenvalue weighted by molar-refractivity contribution is 6.32. The van der Waals surface area contributed by atoms with Crippen molar-refractivity contribution in [2.75, 3.05) is 25.0 Å². The van der Waals surface area contributed by atoms with Crippen LogP contribution in [0.2, 0.25) is 5.02 Å². The van der Waals surface area contributed by atoms with Crippen molar-refractivity contribution in [3.8, 4) is 0 Å². The molecule has 1 rings (SSSR count). The van der Waals surface area contributed by atoms with Gasteiger partial charge in [-0.3, -0.25) is 9.59 Å². The fraction of sp³-hybridized carbons (Fsp3) is 0.583. The molecule has 0 radical (unpaired) electrons. The summed E-state index contributed by atoms with van der Waals surface area (Å²) in [5.41, 5.74) is -0.0877. The maximum atomic E-state index is 11.8. The number of nitrogens with one attached hydrogen (secondary N) is 2. The minimum Gasteiger partial charge on any atom is -0.394 e. The van der Waals surface area contributed by atoms with Crippen LogP contribution in [0, 0.1) is 0 Å². The molecule has 7 nitrogen and oxygen atoms in total. The number of aliphatic hydroxyl groups excluding tert-OH is 1. The van der Waals surface area contributed by atoms with Crippen molar-refractivity contribution in [1.29, 1.82) is 0 Å². The molecule has 8 heteroatoms. The fourth-order valence-electron chi connectivity index (χ4n) is 1.51. The number of aliphatic hydroxyl groups is 1. The molecule has 0 aliphatic rings. The third-order valence-corrected chi connectivity index (χ3v) is 2.90. The largest absolute Gasteiger partial charge is 0.394 e. The highest BCUT2D eigenvalue weighted by Crippen LogP contribution is 2.14. The molecule has 0 saturated heterocycles. The summed E-state index contributed by atoms with van der Waals surface area (Å²) in [6.45, 7) is 2.90. The van der Waals surface area contributed by atoms with Gasteiger partial charge in [-0.05, 0) is 6.42 Å². The van der Waals surface area contributed by atoms with E-state index in [1.54, 1.807) is 0 Å². The lowest BCUT2D eigenvalue weighted by molar-refractivity contribution is -0.120. The van der Waals surface area contributed by atoms with Crippen LogP contribution in [-0.4, -0.2) is 40.5 Å². The molecule has 1 aromatic rings. The van der Waals surface area contributed by atoms with Crippen LogP contribution >= 0.6 is 11.6 Å². The summed E-state index contributed by atoms with van der Waals surface area (Å²) in [7, 11) is 0. The average molecular weight is 303 g/mol. The standard InChI is InChI=1S/C12H19ClN4O3/c1-2-4-15-10(19)3-5-14-9-8-16-17(6-7-18)12(20)11(9)13/h8,14,18H,2-7H2,1H3,(H,15,19). The van der Waals surface area contributed by atoms with Crippen LogP contribution in [-0.2, 0) is 11.3 Å². The zero-order valence-electron chi connectivity index (χ0n) is 11.4. The van der Waals surface area contributed by atoms with Crippen molar-refractivity contribution < 1.29 is 9.90 Å². The highest BCUT2D eigenvalue weighted by atomic mass is 35.5. The van der Waals surface area contributed by atoms with E-state index in [9.17, 15) is 9.59 Å². The lowest BCUT2D eigenvalue weighted by Gasteiger charge is -2.09. The van der Waals surface area contributed by atoms with Crippen molar-refractivity contribution in [1.82, 2.24) is 15.1 Å². The number of nitrogens with zero attached hydrogens (tertiary/aromatic N) is 2. The second kappa shape index (κ2) is 8.55. The maximum absolute atomic E-state index is 11.8. The highest BCUT2D eigenvalue weighted by Gasteiger charge is 2.09. The van der Waals surface area contributed by atoms with Gasteiger partial charge >= 0.3 is 0 Å². The Morgan fingerprint density at radius 2 is 2.25 bits per heavy atom. The lowest BCUT2D eigenvalue weighted by atomic mass is 10.3. The smallest absolute Gasteiger partial charge is 0.287 e. The number of carbonyl (C=O) groups is 1. The Hall–Kier alpha value is -1.60. The number of hydrogen-bond acceptors (Lipinski definition) is 5. The second-order valence-electron chi connectivity index (χ2n) is 4.15. The molecule has 0 atom stereocenters. The van der Waals surface area contributed by atoms with Gasteiger partial charge < -0.3 is 15.7 Å². The molecular formula is C12H19ClN4O3. The van der Waals surface area contributed by atoms with Crippen LogP contribution in [0.4, 0.5) is 5.69 Å². The van der Waals surface area contributed by atoms with Gasteiger partial charge in [0.25, 0.3) is 5.56 Å². The van der Waals surface area contributed by atoms with Gasteiger partial charge in [0.1, 0.15) is 5.02 Å². The van der Waals surface area contributed by atoms with Gasteiger partial charge in [0.05, 0.1) is 25.0 Å². The molecule has 3 N–H and O–H groups in total. The Bertz CT molecular complexity index is 504. The number of anilines is 1. The number of carbonyl (C=O) groups excluding carboxylic acids is 1. The van der Waals surface area contributed by atoms with Crippen molar-refractivity contribution in [3.63, 3.8) is 0 Å². The third kappa shape index (κ3) is 4.82. The first kappa shape index (κ1) is 16.5.